The normalized spacial score (nSPS) is 14.1. The van der Waals surface area contributed by atoms with Crippen LogP contribution in [-0.2, 0) is 29.1 Å². The molecule has 1 saturated heterocycles. The number of aromatic amines is 1. The highest BCUT2D eigenvalue weighted by Gasteiger charge is 2.29. The second-order valence-electron chi connectivity index (χ2n) is 15.6. The van der Waals surface area contributed by atoms with Crippen molar-refractivity contribution in [1.82, 2.24) is 34.9 Å². The number of nitrogens with zero attached hydrogens (tertiary/aromatic N) is 7. The first-order chi connectivity index (χ1) is 29.1. The number of benzene rings is 4. The standard InChI is InChI=1S/C45H50N10O5/c1-4-41(59)52-20-22-53(23-21-52)42-33-17-19-54(37-11-7-9-30-8-5-6-10-32(30)37)27-36(33)48-44(49-42)46-18-16-40(58)47-26-29-12-14-31(15-13-29)55-43(50-51-45(55)60)35-24-34(28(2)3)38(56)25-39(35)57/h5-15,24-25,28,56-57H,4,16-23,26-27H2,1-3H3,(H,47,58)(H,51,60)(H,46,48,49). The summed E-state index contributed by atoms with van der Waals surface area (Å²) in [4.78, 5) is 54.9. The number of phenolic OH excluding ortho intramolecular Hbond substituents is 2. The SMILES string of the molecule is CCC(=O)N1CCN(c2nc(NCCC(=O)NCc3ccc(-n4c(-c5cc(C(C)C)c(O)cc5O)n[nH]c4=O)cc3)nc3c2CCN(c2cccc4ccccc24)C3)CC1. The van der Waals surface area contributed by atoms with Crippen LogP contribution in [0, 0.1) is 0 Å². The van der Waals surface area contributed by atoms with E-state index in [9.17, 15) is 24.6 Å². The highest BCUT2D eigenvalue weighted by Crippen LogP contribution is 2.38. The Labute approximate surface area is 347 Å². The fourth-order valence-corrected chi connectivity index (χ4v) is 8.12. The van der Waals surface area contributed by atoms with Gasteiger partial charge in [0.25, 0.3) is 0 Å². The van der Waals surface area contributed by atoms with Crippen LogP contribution in [0.25, 0.3) is 27.8 Å². The predicted octanol–water partition coefficient (Wildman–Crippen LogP) is 5.45. The largest absolute Gasteiger partial charge is 0.508 e. The molecule has 15 heteroatoms. The number of aromatic nitrogens is 5. The van der Waals surface area contributed by atoms with Gasteiger partial charge in [-0.1, -0.05) is 69.3 Å². The molecule has 4 aromatic carbocycles. The summed E-state index contributed by atoms with van der Waals surface area (Å²) < 4.78 is 1.35. The quantitative estimate of drug-likeness (QED) is 0.106. The number of aromatic hydroxyl groups is 2. The molecule has 60 heavy (non-hydrogen) atoms. The zero-order valence-electron chi connectivity index (χ0n) is 34.1. The highest BCUT2D eigenvalue weighted by atomic mass is 16.3. The molecule has 0 atom stereocenters. The minimum absolute atomic E-state index is 0.0245. The third kappa shape index (κ3) is 8.20. The van der Waals surface area contributed by atoms with Gasteiger partial charge in [-0.25, -0.2) is 19.4 Å². The van der Waals surface area contributed by atoms with Crippen molar-refractivity contribution in [3.8, 4) is 28.6 Å². The average molecular weight is 811 g/mol. The van der Waals surface area contributed by atoms with Gasteiger partial charge in [-0.3, -0.25) is 9.59 Å². The van der Waals surface area contributed by atoms with E-state index >= 15 is 0 Å². The van der Waals surface area contributed by atoms with Gasteiger partial charge in [0.2, 0.25) is 17.8 Å². The van der Waals surface area contributed by atoms with Gasteiger partial charge in [-0.05, 0) is 53.1 Å². The molecule has 5 N–H and O–H groups in total. The molecular formula is C45H50N10O5. The fourth-order valence-electron chi connectivity index (χ4n) is 8.12. The lowest BCUT2D eigenvalue weighted by Gasteiger charge is -2.38. The first-order valence-electron chi connectivity index (χ1n) is 20.6. The number of amides is 2. The fraction of sp³-hybridized carbons (Fsp3) is 0.333. The average Bonchev–Trinajstić information content (AvgIpc) is 3.65. The molecule has 2 aliphatic heterocycles. The lowest BCUT2D eigenvalue weighted by Crippen LogP contribution is -2.49. The van der Waals surface area contributed by atoms with Crippen molar-refractivity contribution in [2.24, 2.45) is 0 Å². The third-order valence-corrected chi connectivity index (χ3v) is 11.4. The van der Waals surface area contributed by atoms with Crippen LogP contribution in [0.1, 0.15) is 61.9 Å². The van der Waals surface area contributed by atoms with Gasteiger partial charge >= 0.3 is 5.69 Å². The molecule has 8 rings (SSSR count). The molecule has 0 spiro atoms. The molecule has 2 amide bonds. The molecule has 0 radical (unpaired) electrons. The molecular weight excluding hydrogens is 761 g/mol. The van der Waals surface area contributed by atoms with Crippen molar-refractivity contribution in [2.75, 3.05) is 54.4 Å². The number of anilines is 3. The van der Waals surface area contributed by atoms with Gasteiger partial charge < -0.3 is 35.5 Å². The number of carbonyl (C=O) groups is 2. The Hall–Kier alpha value is -6.90. The summed E-state index contributed by atoms with van der Waals surface area (Å²) in [6.45, 7) is 10.4. The number of phenols is 2. The van der Waals surface area contributed by atoms with Gasteiger partial charge in [0.05, 0.1) is 23.5 Å². The Morgan fingerprint density at radius 1 is 0.883 bits per heavy atom. The Balaban J connectivity index is 0.930. The second-order valence-corrected chi connectivity index (χ2v) is 15.6. The maximum atomic E-state index is 13.1. The van der Waals surface area contributed by atoms with Crippen LogP contribution in [0.5, 0.6) is 11.5 Å². The van der Waals surface area contributed by atoms with E-state index in [1.807, 2.05) is 37.8 Å². The van der Waals surface area contributed by atoms with Crippen LogP contribution >= 0.6 is 0 Å². The van der Waals surface area contributed by atoms with Gasteiger partial charge in [0.1, 0.15) is 17.3 Å². The van der Waals surface area contributed by atoms with Crippen molar-refractivity contribution in [3.05, 3.63) is 112 Å². The smallest absolute Gasteiger partial charge is 0.348 e. The molecule has 15 nitrogen and oxygen atoms in total. The van der Waals surface area contributed by atoms with Crippen LogP contribution in [0.3, 0.4) is 0 Å². The zero-order valence-corrected chi connectivity index (χ0v) is 34.1. The maximum absolute atomic E-state index is 13.1. The lowest BCUT2D eigenvalue weighted by atomic mass is 9.98. The number of H-pyrrole nitrogens is 1. The van der Waals surface area contributed by atoms with Crippen LogP contribution in [-0.4, -0.2) is 90.9 Å². The van der Waals surface area contributed by atoms with Crippen molar-refractivity contribution < 1.29 is 19.8 Å². The number of fused-ring (bicyclic) bond motifs is 2. The third-order valence-electron chi connectivity index (χ3n) is 11.4. The van der Waals surface area contributed by atoms with E-state index in [1.165, 1.54) is 27.1 Å². The highest BCUT2D eigenvalue weighted by molar-refractivity contribution is 5.94. The number of hydrogen-bond acceptors (Lipinski definition) is 11. The van der Waals surface area contributed by atoms with E-state index in [0.717, 1.165) is 35.6 Å². The predicted molar refractivity (Wildman–Crippen MR) is 232 cm³/mol. The van der Waals surface area contributed by atoms with Crippen molar-refractivity contribution in [3.63, 3.8) is 0 Å². The molecule has 310 valence electrons. The molecule has 4 heterocycles. The van der Waals surface area contributed by atoms with E-state index in [4.69, 9.17) is 9.97 Å². The van der Waals surface area contributed by atoms with Gasteiger partial charge in [0, 0.05) is 81.4 Å². The summed E-state index contributed by atoms with van der Waals surface area (Å²) in [6.07, 6.45) is 1.47. The van der Waals surface area contributed by atoms with E-state index in [1.54, 1.807) is 18.2 Å². The number of piperazine rings is 1. The lowest BCUT2D eigenvalue weighted by molar-refractivity contribution is -0.131. The molecule has 0 unspecified atom stereocenters. The number of nitrogens with one attached hydrogen (secondary N) is 3. The summed E-state index contributed by atoms with van der Waals surface area (Å²) in [5.41, 5.74) is 5.03. The first kappa shape index (κ1) is 39.9. The molecule has 2 aliphatic rings. The molecule has 1 fully saturated rings. The number of rotatable bonds is 12. The van der Waals surface area contributed by atoms with Crippen LogP contribution in [0.2, 0.25) is 0 Å². The van der Waals surface area contributed by atoms with E-state index in [-0.39, 0.29) is 48.0 Å². The first-order valence-corrected chi connectivity index (χ1v) is 20.6. The number of carbonyl (C=O) groups excluding carboxylic acids is 2. The maximum Gasteiger partial charge on any atom is 0.348 e. The van der Waals surface area contributed by atoms with E-state index in [2.05, 4.69) is 73.1 Å². The monoisotopic (exact) mass is 810 g/mol. The van der Waals surface area contributed by atoms with Crippen molar-refractivity contribution in [1.29, 1.82) is 0 Å². The minimum Gasteiger partial charge on any atom is -0.508 e. The molecule has 0 saturated carbocycles. The Morgan fingerprint density at radius 2 is 1.65 bits per heavy atom. The summed E-state index contributed by atoms with van der Waals surface area (Å²) in [6, 6.07) is 24.8. The Kier molecular flexibility index (Phi) is 11.4. The molecule has 6 aromatic rings. The van der Waals surface area contributed by atoms with Crippen LogP contribution in [0.4, 0.5) is 17.5 Å². The Bertz CT molecular complexity index is 2590. The topological polar surface area (TPSA) is 185 Å². The van der Waals surface area contributed by atoms with Gasteiger partial charge in [-0.2, -0.15) is 10.1 Å². The Morgan fingerprint density at radius 3 is 2.42 bits per heavy atom. The molecule has 0 aliphatic carbocycles. The summed E-state index contributed by atoms with van der Waals surface area (Å²) >= 11 is 0. The molecule has 0 bridgehead atoms. The van der Waals surface area contributed by atoms with Crippen LogP contribution < -0.4 is 26.1 Å². The second kappa shape index (κ2) is 17.1. The summed E-state index contributed by atoms with van der Waals surface area (Å²) in [5, 5.41) is 36.3. The molecule has 2 aromatic heterocycles. The summed E-state index contributed by atoms with van der Waals surface area (Å²) in [5.74, 6) is 1.32. The van der Waals surface area contributed by atoms with Crippen LogP contribution in [0.15, 0.2) is 83.7 Å². The van der Waals surface area contributed by atoms with Gasteiger partial charge in [-0.15, -0.1) is 0 Å². The zero-order chi connectivity index (χ0) is 41.9. The minimum atomic E-state index is -0.486. The van der Waals surface area contributed by atoms with Crippen molar-refractivity contribution >= 4 is 40.0 Å². The van der Waals surface area contributed by atoms with E-state index < -0.39 is 5.69 Å². The van der Waals surface area contributed by atoms with E-state index in [0.29, 0.717) is 68.5 Å². The van der Waals surface area contributed by atoms with Gasteiger partial charge in [0.15, 0.2) is 5.82 Å². The van der Waals surface area contributed by atoms with Crippen molar-refractivity contribution in [2.45, 2.75) is 59.0 Å². The number of hydrogen-bond donors (Lipinski definition) is 5. The summed E-state index contributed by atoms with van der Waals surface area (Å²) in [7, 11) is 0.